The molecule has 0 saturated carbocycles. The van der Waals surface area contributed by atoms with Crippen molar-refractivity contribution in [2.24, 2.45) is 11.5 Å². The highest BCUT2D eigenvalue weighted by molar-refractivity contribution is 5.97. The molecule has 12 N–H and O–H groups in total. The first-order valence-electron chi connectivity index (χ1n) is 7.84. The van der Waals surface area contributed by atoms with Crippen LogP contribution in [0.1, 0.15) is 17.5 Å². The van der Waals surface area contributed by atoms with Crippen LogP contribution in [0.5, 0.6) is 0 Å². The number of nitrogens with two attached hydrogens (primary N) is 4. The second-order valence-electron chi connectivity index (χ2n) is 5.64. The molecule has 0 aromatic heterocycles. The minimum Gasteiger partial charge on any atom is -0.397 e. The van der Waals surface area contributed by atoms with E-state index in [1.54, 1.807) is 24.3 Å². The molecule has 0 unspecified atom stereocenters. The highest BCUT2D eigenvalue weighted by Crippen LogP contribution is 2.21. The van der Waals surface area contributed by atoms with Gasteiger partial charge >= 0.3 is 0 Å². The average Bonchev–Trinajstić information content (AvgIpc) is 2.56. The Morgan fingerprint density at radius 3 is 1.46 bits per heavy atom. The highest BCUT2D eigenvalue weighted by atomic mass is 35.5. The molecule has 0 fully saturated rings. The molecule has 0 aliphatic heterocycles. The monoisotopic (exact) mass is 376 g/mol. The van der Waals surface area contributed by atoms with Gasteiger partial charge in [0.1, 0.15) is 11.7 Å². The Morgan fingerprint density at radius 2 is 1.15 bits per heavy atom. The molecule has 140 valence electrons. The lowest BCUT2D eigenvalue weighted by molar-refractivity contribution is 0.910. The summed E-state index contributed by atoms with van der Waals surface area (Å²) in [6.07, 6.45) is 0.849. The first kappa shape index (κ1) is 20.9. The van der Waals surface area contributed by atoms with Crippen LogP contribution in [0.25, 0.3) is 0 Å². The van der Waals surface area contributed by atoms with Crippen molar-refractivity contribution < 1.29 is 0 Å². The Hall–Kier alpha value is -3.13. The van der Waals surface area contributed by atoms with Crippen LogP contribution in [0.2, 0.25) is 0 Å². The summed E-state index contributed by atoms with van der Waals surface area (Å²) < 4.78 is 0. The van der Waals surface area contributed by atoms with Crippen molar-refractivity contribution in [1.82, 2.24) is 0 Å². The normalized spacial score (nSPS) is 9.85. The molecule has 8 nitrogen and oxygen atoms in total. The van der Waals surface area contributed by atoms with Gasteiger partial charge in [-0.05, 0) is 42.8 Å². The van der Waals surface area contributed by atoms with Crippen molar-refractivity contribution in [3.8, 4) is 0 Å². The Morgan fingerprint density at radius 1 is 0.769 bits per heavy atom. The third-order valence-corrected chi connectivity index (χ3v) is 3.71. The van der Waals surface area contributed by atoms with Crippen LogP contribution in [0.15, 0.2) is 36.4 Å². The summed E-state index contributed by atoms with van der Waals surface area (Å²) in [5.41, 5.74) is 26.7. The number of nitrogen functional groups attached to an aromatic ring is 4. The molecule has 2 rings (SSSR count). The molecule has 0 heterocycles. The zero-order valence-electron chi connectivity index (χ0n) is 14.3. The molecule has 26 heavy (non-hydrogen) atoms. The molecular weight excluding hydrogens is 352 g/mol. The van der Waals surface area contributed by atoms with Crippen LogP contribution in [-0.4, -0.2) is 24.8 Å². The molecule has 0 saturated heterocycles. The number of hydrogen-bond acceptors (Lipinski definition) is 6. The molecule has 0 atom stereocenters. The van der Waals surface area contributed by atoms with Crippen molar-refractivity contribution in [2.75, 3.05) is 35.2 Å². The Kier molecular flexibility index (Phi) is 7.54. The van der Waals surface area contributed by atoms with E-state index in [4.69, 9.17) is 33.8 Å². The molecule has 0 aliphatic carbocycles. The predicted molar refractivity (Wildman–Crippen MR) is 113 cm³/mol. The van der Waals surface area contributed by atoms with E-state index in [0.717, 1.165) is 30.9 Å². The number of anilines is 4. The van der Waals surface area contributed by atoms with Gasteiger partial charge in [-0.3, -0.25) is 10.8 Å². The van der Waals surface area contributed by atoms with E-state index in [-0.39, 0.29) is 24.1 Å². The van der Waals surface area contributed by atoms with Gasteiger partial charge in [-0.1, -0.05) is 0 Å². The molecule has 2 aromatic carbocycles. The Balaban J connectivity index is 0.00000338. The van der Waals surface area contributed by atoms with E-state index in [2.05, 4.69) is 10.6 Å². The molecule has 9 heteroatoms. The van der Waals surface area contributed by atoms with Gasteiger partial charge in [0.2, 0.25) is 0 Å². The van der Waals surface area contributed by atoms with E-state index in [1.807, 2.05) is 12.1 Å². The second kappa shape index (κ2) is 9.38. The summed E-state index contributed by atoms with van der Waals surface area (Å²) in [4.78, 5) is 0. The molecule has 0 amide bonds. The lowest BCUT2D eigenvalue weighted by atomic mass is 10.1. The Bertz CT molecular complexity index is 725. The minimum absolute atomic E-state index is 0. The summed E-state index contributed by atoms with van der Waals surface area (Å²) in [6, 6.07) is 10.5. The Labute approximate surface area is 158 Å². The highest BCUT2D eigenvalue weighted by Gasteiger charge is 2.04. The zero-order chi connectivity index (χ0) is 18.4. The molecule has 0 aliphatic rings. The first-order valence-corrected chi connectivity index (χ1v) is 7.84. The smallest absolute Gasteiger partial charge is 0.122 e. The second-order valence-corrected chi connectivity index (χ2v) is 5.64. The largest absolute Gasteiger partial charge is 0.397 e. The maximum atomic E-state index is 7.40. The first-order chi connectivity index (χ1) is 11.9. The van der Waals surface area contributed by atoms with Crippen molar-refractivity contribution >= 4 is 46.8 Å². The van der Waals surface area contributed by atoms with Crippen molar-refractivity contribution in [1.29, 1.82) is 10.8 Å². The average molecular weight is 377 g/mol. The van der Waals surface area contributed by atoms with Crippen LogP contribution in [0, 0.1) is 10.8 Å². The van der Waals surface area contributed by atoms with Gasteiger partial charge in [-0.2, -0.15) is 0 Å². The summed E-state index contributed by atoms with van der Waals surface area (Å²) in [6.45, 7) is 1.45. The van der Waals surface area contributed by atoms with E-state index >= 15 is 0 Å². The lowest BCUT2D eigenvalue weighted by Gasteiger charge is -2.13. The van der Waals surface area contributed by atoms with Gasteiger partial charge in [0.15, 0.2) is 0 Å². The fourth-order valence-electron chi connectivity index (χ4n) is 2.32. The quantitative estimate of drug-likeness (QED) is 0.150. The van der Waals surface area contributed by atoms with Crippen molar-refractivity contribution in [3.05, 3.63) is 47.5 Å². The van der Waals surface area contributed by atoms with Gasteiger partial charge in [-0.25, -0.2) is 0 Å². The molecule has 0 bridgehead atoms. The number of nitrogens with one attached hydrogen (secondary N) is 4. The summed E-state index contributed by atoms with van der Waals surface area (Å²) in [5, 5.41) is 21.3. The summed E-state index contributed by atoms with van der Waals surface area (Å²) in [5.74, 6) is -0.00772. The van der Waals surface area contributed by atoms with Crippen LogP contribution in [0.3, 0.4) is 0 Å². The van der Waals surface area contributed by atoms with Crippen LogP contribution < -0.4 is 33.6 Å². The van der Waals surface area contributed by atoms with Crippen LogP contribution >= 0.6 is 12.4 Å². The maximum Gasteiger partial charge on any atom is 0.122 e. The van der Waals surface area contributed by atoms with Gasteiger partial charge in [0.25, 0.3) is 0 Å². The van der Waals surface area contributed by atoms with Gasteiger partial charge in [0, 0.05) is 24.2 Å². The number of rotatable bonds is 8. The van der Waals surface area contributed by atoms with Gasteiger partial charge in [-0.15, -0.1) is 12.4 Å². The van der Waals surface area contributed by atoms with Crippen LogP contribution in [0.4, 0.5) is 22.7 Å². The standard InChI is InChI=1S/C17H24N8.ClH/c18-12-8-10(16(20)21)2-4-14(12)24-6-1-7-25-15-5-3-11(17(22)23)9-13(15)19;/h2-5,8-9,24-25H,1,6-7,18-19H2,(H3,20,21)(H3,22,23);1H. The van der Waals surface area contributed by atoms with E-state index in [0.29, 0.717) is 22.5 Å². The van der Waals surface area contributed by atoms with Crippen LogP contribution in [-0.2, 0) is 0 Å². The SMILES string of the molecule is Cl.N=C(N)c1ccc(NCCCNc2ccc(C(=N)N)cc2N)c(N)c1. The maximum absolute atomic E-state index is 7.40. The number of benzene rings is 2. The molecule has 0 spiro atoms. The zero-order valence-corrected chi connectivity index (χ0v) is 15.1. The van der Waals surface area contributed by atoms with Crippen molar-refractivity contribution in [3.63, 3.8) is 0 Å². The van der Waals surface area contributed by atoms with Gasteiger partial charge < -0.3 is 33.6 Å². The fourth-order valence-corrected chi connectivity index (χ4v) is 2.32. The van der Waals surface area contributed by atoms with E-state index in [1.165, 1.54) is 0 Å². The number of hydrogen-bond donors (Lipinski definition) is 8. The number of amidine groups is 2. The third-order valence-electron chi connectivity index (χ3n) is 3.71. The fraction of sp³-hybridized carbons (Fsp3) is 0.176. The summed E-state index contributed by atoms with van der Waals surface area (Å²) >= 11 is 0. The minimum atomic E-state index is -0.00386. The predicted octanol–water partition coefficient (Wildman–Crippen LogP) is 1.76. The topological polar surface area (TPSA) is 176 Å². The molecular formula is C17H25ClN8. The lowest BCUT2D eigenvalue weighted by Crippen LogP contribution is -2.14. The van der Waals surface area contributed by atoms with Gasteiger partial charge in [0.05, 0.1) is 22.7 Å². The number of halogens is 1. The molecule has 2 aromatic rings. The third kappa shape index (κ3) is 5.45. The van der Waals surface area contributed by atoms with E-state index < -0.39 is 0 Å². The summed E-state index contributed by atoms with van der Waals surface area (Å²) in [7, 11) is 0. The van der Waals surface area contributed by atoms with Crippen molar-refractivity contribution in [2.45, 2.75) is 6.42 Å². The van der Waals surface area contributed by atoms with E-state index in [9.17, 15) is 0 Å². The molecule has 0 radical (unpaired) electrons.